The summed E-state index contributed by atoms with van der Waals surface area (Å²) in [6.07, 6.45) is 7.49. The lowest BCUT2D eigenvalue weighted by Gasteiger charge is -2.26. The van der Waals surface area contributed by atoms with E-state index in [9.17, 15) is 0 Å². The Balaban J connectivity index is 2.09. The van der Waals surface area contributed by atoms with Crippen LogP contribution in [0.3, 0.4) is 0 Å². The Kier molecular flexibility index (Phi) is 4.87. The van der Waals surface area contributed by atoms with Crippen molar-refractivity contribution >= 4 is 5.82 Å². The number of anilines is 1. The summed E-state index contributed by atoms with van der Waals surface area (Å²) < 4.78 is 1.93. The van der Waals surface area contributed by atoms with Gasteiger partial charge in [0.1, 0.15) is 5.82 Å². The predicted octanol–water partition coefficient (Wildman–Crippen LogP) is 2.78. The largest absolute Gasteiger partial charge is 0.357 e. The second-order valence-corrected chi connectivity index (χ2v) is 6.93. The molecule has 8 heteroatoms. The molecule has 0 atom stereocenters. The van der Waals surface area contributed by atoms with Crippen LogP contribution in [0.15, 0.2) is 12.3 Å². The maximum atomic E-state index is 5.15. The Hall–Kier alpha value is -2.77. The summed E-state index contributed by atoms with van der Waals surface area (Å²) >= 11 is 0. The maximum absolute atomic E-state index is 5.15. The lowest BCUT2D eigenvalue weighted by Crippen LogP contribution is -2.25. The first-order valence-corrected chi connectivity index (χ1v) is 9.77. The molecule has 0 bridgehead atoms. The number of nitrogens with one attached hydrogen (secondary N) is 1. The molecule has 0 fully saturated rings. The fourth-order valence-electron chi connectivity index (χ4n) is 4.05. The smallest absolute Gasteiger partial charge is 0.183 e. The Morgan fingerprint density at radius 2 is 1.93 bits per heavy atom. The molecule has 0 radical (unpaired) electrons. The zero-order valence-electron chi connectivity index (χ0n) is 16.2. The highest BCUT2D eigenvalue weighted by molar-refractivity contribution is 5.89. The lowest BCUT2D eigenvalue weighted by atomic mass is 9.93. The van der Waals surface area contributed by atoms with Crippen LogP contribution in [0.1, 0.15) is 44.4 Å². The average molecular weight is 366 g/mol. The summed E-state index contributed by atoms with van der Waals surface area (Å²) in [5, 5.41) is 19.3. The first-order chi connectivity index (χ1) is 13.2. The van der Waals surface area contributed by atoms with Gasteiger partial charge in [0, 0.05) is 37.6 Å². The fraction of sp³-hybridized carbons (Fsp3) is 0.526. The number of pyridine rings is 1. The molecule has 8 nitrogen and oxygen atoms in total. The van der Waals surface area contributed by atoms with Gasteiger partial charge in [0.25, 0.3) is 0 Å². The summed E-state index contributed by atoms with van der Waals surface area (Å²) in [6, 6.07) is 2.07. The molecular formula is C19H26N8. The Labute approximate surface area is 159 Å². The monoisotopic (exact) mass is 366 g/mol. The van der Waals surface area contributed by atoms with Gasteiger partial charge in [0.05, 0.1) is 11.3 Å². The molecule has 3 aromatic rings. The van der Waals surface area contributed by atoms with E-state index in [2.05, 4.69) is 50.5 Å². The Morgan fingerprint density at radius 1 is 1.11 bits per heavy atom. The highest BCUT2D eigenvalue weighted by Gasteiger charge is 2.28. The second kappa shape index (κ2) is 7.46. The molecular weight excluding hydrogens is 340 g/mol. The van der Waals surface area contributed by atoms with Gasteiger partial charge in [0.2, 0.25) is 0 Å². The highest BCUT2D eigenvalue weighted by atomic mass is 15.5. The number of H-pyrrole nitrogens is 1. The van der Waals surface area contributed by atoms with Crippen molar-refractivity contribution in [1.29, 1.82) is 0 Å². The minimum absolute atomic E-state index is 0.660. The number of nitrogens with zero attached hydrogens (tertiary/aromatic N) is 7. The van der Waals surface area contributed by atoms with Gasteiger partial charge in [-0.05, 0) is 61.6 Å². The third-order valence-corrected chi connectivity index (χ3v) is 5.43. The molecule has 0 saturated carbocycles. The molecule has 1 N–H and O–H groups in total. The van der Waals surface area contributed by atoms with E-state index in [1.807, 2.05) is 17.9 Å². The molecule has 142 valence electrons. The summed E-state index contributed by atoms with van der Waals surface area (Å²) in [5.41, 5.74) is 5.76. The van der Waals surface area contributed by atoms with Crippen molar-refractivity contribution in [3.05, 3.63) is 23.5 Å². The Morgan fingerprint density at radius 3 is 2.59 bits per heavy atom. The average Bonchev–Trinajstić information content (AvgIpc) is 3.29. The Bertz CT molecular complexity index is 908. The van der Waals surface area contributed by atoms with Gasteiger partial charge in [-0.3, -0.25) is 4.68 Å². The summed E-state index contributed by atoms with van der Waals surface area (Å²) in [7, 11) is 1.98. The van der Waals surface area contributed by atoms with Crippen molar-refractivity contribution in [3.63, 3.8) is 0 Å². The number of hydrogen-bond donors (Lipinski definition) is 1. The molecule has 4 rings (SSSR count). The molecule has 1 aliphatic rings. The molecule has 1 aliphatic carbocycles. The molecule has 3 heterocycles. The van der Waals surface area contributed by atoms with Crippen LogP contribution in [0.4, 0.5) is 5.82 Å². The zero-order valence-corrected chi connectivity index (χ0v) is 16.2. The van der Waals surface area contributed by atoms with Crippen LogP contribution in [0.25, 0.3) is 22.6 Å². The second-order valence-electron chi connectivity index (χ2n) is 6.93. The van der Waals surface area contributed by atoms with Crippen LogP contribution >= 0.6 is 0 Å². The number of aromatic amines is 1. The summed E-state index contributed by atoms with van der Waals surface area (Å²) in [5.74, 6) is 1.61. The quantitative estimate of drug-likeness (QED) is 0.699. The molecule has 0 spiro atoms. The van der Waals surface area contributed by atoms with E-state index in [4.69, 9.17) is 4.98 Å². The standard InChI is InChI=1S/C19H26N8/c1-4-27(5-2)19-17(18-22-24-25-23-18)16(15-11-12-20-26(15)3)13-9-7-6-8-10-14(13)21-19/h11-12H,4-10H2,1-3H3,(H,22,23,24,25). The molecule has 0 aliphatic heterocycles. The van der Waals surface area contributed by atoms with Crippen LogP contribution < -0.4 is 4.90 Å². The van der Waals surface area contributed by atoms with E-state index < -0.39 is 0 Å². The first-order valence-electron chi connectivity index (χ1n) is 9.77. The third kappa shape index (κ3) is 3.09. The zero-order chi connectivity index (χ0) is 18.8. The maximum Gasteiger partial charge on any atom is 0.183 e. The first kappa shape index (κ1) is 17.6. The van der Waals surface area contributed by atoms with Gasteiger partial charge in [-0.15, -0.1) is 5.10 Å². The van der Waals surface area contributed by atoms with Crippen molar-refractivity contribution in [2.75, 3.05) is 18.0 Å². The number of aryl methyl sites for hydroxylation is 2. The topological polar surface area (TPSA) is 88.4 Å². The van der Waals surface area contributed by atoms with Gasteiger partial charge < -0.3 is 4.90 Å². The molecule has 3 aromatic heterocycles. The molecule has 0 amide bonds. The van der Waals surface area contributed by atoms with Gasteiger partial charge in [-0.25, -0.2) is 10.1 Å². The minimum Gasteiger partial charge on any atom is -0.357 e. The van der Waals surface area contributed by atoms with Gasteiger partial charge >= 0.3 is 0 Å². The van der Waals surface area contributed by atoms with Gasteiger partial charge in [-0.1, -0.05) is 6.42 Å². The van der Waals surface area contributed by atoms with E-state index in [0.717, 1.165) is 43.0 Å². The van der Waals surface area contributed by atoms with Crippen LogP contribution in [0, 0.1) is 0 Å². The number of fused-ring (bicyclic) bond motifs is 1. The summed E-state index contributed by atoms with van der Waals surface area (Å²) in [4.78, 5) is 7.43. The number of hydrogen-bond acceptors (Lipinski definition) is 6. The van der Waals surface area contributed by atoms with E-state index in [0.29, 0.717) is 5.82 Å². The SMILES string of the molecule is CCN(CC)c1nc2c(c(-c3ccnn3C)c1-c1nnn[nH]1)CCCCC2. The molecule has 0 unspecified atom stereocenters. The lowest BCUT2D eigenvalue weighted by molar-refractivity contribution is 0.708. The fourth-order valence-corrected chi connectivity index (χ4v) is 4.05. The molecule has 27 heavy (non-hydrogen) atoms. The van der Waals surface area contributed by atoms with Gasteiger partial charge in [0.15, 0.2) is 5.82 Å². The van der Waals surface area contributed by atoms with Crippen molar-refractivity contribution in [2.24, 2.45) is 7.05 Å². The van der Waals surface area contributed by atoms with Crippen molar-refractivity contribution in [2.45, 2.75) is 46.0 Å². The third-order valence-electron chi connectivity index (χ3n) is 5.43. The van der Waals surface area contributed by atoms with Crippen molar-refractivity contribution in [3.8, 4) is 22.6 Å². The summed E-state index contributed by atoms with van der Waals surface area (Å²) in [6.45, 7) is 6.06. The van der Waals surface area contributed by atoms with Crippen LogP contribution in [0.5, 0.6) is 0 Å². The van der Waals surface area contributed by atoms with Crippen molar-refractivity contribution in [1.82, 2.24) is 35.4 Å². The normalized spacial score (nSPS) is 14.0. The van der Waals surface area contributed by atoms with E-state index in [1.165, 1.54) is 36.1 Å². The van der Waals surface area contributed by atoms with Crippen molar-refractivity contribution < 1.29 is 0 Å². The minimum atomic E-state index is 0.660. The van der Waals surface area contributed by atoms with Crippen LogP contribution in [-0.4, -0.2) is 48.5 Å². The highest BCUT2D eigenvalue weighted by Crippen LogP contribution is 2.42. The van der Waals surface area contributed by atoms with E-state index in [-0.39, 0.29) is 0 Å². The number of tetrazole rings is 1. The predicted molar refractivity (Wildman–Crippen MR) is 104 cm³/mol. The van der Waals surface area contributed by atoms with Gasteiger partial charge in [-0.2, -0.15) is 5.10 Å². The van der Waals surface area contributed by atoms with E-state index >= 15 is 0 Å². The molecule has 0 aromatic carbocycles. The molecule has 0 saturated heterocycles. The van der Waals surface area contributed by atoms with E-state index in [1.54, 1.807) is 0 Å². The number of aromatic nitrogens is 7. The van der Waals surface area contributed by atoms with Crippen LogP contribution in [0.2, 0.25) is 0 Å². The number of rotatable bonds is 5. The van der Waals surface area contributed by atoms with Crippen LogP contribution in [-0.2, 0) is 19.9 Å².